The predicted octanol–water partition coefficient (Wildman–Crippen LogP) is 2.93. The van der Waals surface area contributed by atoms with Crippen LogP contribution in [0.4, 0.5) is 0 Å². The number of hydrogen-bond donors (Lipinski definition) is 1. The first-order valence-electron chi connectivity index (χ1n) is 9.56. The second-order valence-electron chi connectivity index (χ2n) is 7.25. The van der Waals surface area contributed by atoms with Crippen LogP contribution in [-0.4, -0.2) is 60.1 Å². The van der Waals surface area contributed by atoms with Gasteiger partial charge in [0.15, 0.2) is 0 Å². The van der Waals surface area contributed by atoms with E-state index in [4.69, 9.17) is 4.74 Å². The highest BCUT2D eigenvalue weighted by atomic mass is 35.5. The van der Waals surface area contributed by atoms with E-state index in [1.807, 2.05) is 6.92 Å². The van der Waals surface area contributed by atoms with Gasteiger partial charge in [0.2, 0.25) is 0 Å². The molecule has 0 radical (unpaired) electrons. The van der Waals surface area contributed by atoms with Gasteiger partial charge < -0.3 is 10.1 Å². The number of thiazole rings is 1. The van der Waals surface area contributed by atoms with Gasteiger partial charge >= 0.3 is 0 Å². The van der Waals surface area contributed by atoms with E-state index in [1.165, 1.54) is 38.2 Å². The summed E-state index contributed by atoms with van der Waals surface area (Å²) in [6.45, 7) is 10.7. The Bertz CT molecular complexity index is 702. The second-order valence-corrected chi connectivity index (χ2v) is 8.32. The van der Waals surface area contributed by atoms with Crippen LogP contribution in [0.3, 0.4) is 0 Å². The zero-order chi connectivity index (χ0) is 17.8. The number of aryl methyl sites for hydroxylation is 1. The van der Waals surface area contributed by atoms with E-state index in [0.717, 1.165) is 42.1 Å². The molecule has 0 aliphatic carbocycles. The maximum Gasteiger partial charge on any atom is 0.131 e. The Morgan fingerprint density at radius 1 is 1.19 bits per heavy atom. The summed E-state index contributed by atoms with van der Waals surface area (Å²) >= 11 is 1.67. The van der Waals surface area contributed by atoms with Gasteiger partial charge in [-0.15, -0.1) is 23.7 Å². The summed E-state index contributed by atoms with van der Waals surface area (Å²) in [5.41, 5.74) is 2.37. The lowest BCUT2D eigenvalue weighted by molar-refractivity contribution is 0.170. The first-order valence-corrected chi connectivity index (χ1v) is 10.4. The van der Waals surface area contributed by atoms with Crippen LogP contribution in [-0.2, 0) is 13.2 Å². The molecule has 0 amide bonds. The predicted molar refractivity (Wildman–Crippen MR) is 113 cm³/mol. The summed E-state index contributed by atoms with van der Waals surface area (Å²) in [6, 6.07) is 9.29. The molecular weight excluding hydrogens is 380 g/mol. The molecule has 0 bridgehead atoms. The van der Waals surface area contributed by atoms with Crippen LogP contribution in [0.1, 0.15) is 22.7 Å². The van der Waals surface area contributed by atoms with Crippen molar-refractivity contribution in [1.29, 1.82) is 0 Å². The number of ether oxygens (including phenoxy) is 1. The van der Waals surface area contributed by atoms with Crippen LogP contribution in [0, 0.1) is 6.92 Å². The van der Waals surface area contributed by atoms with E-state index in [0.29, 0.717) is 6.61 Å². The average Bonchev–Trinajstić information content (AvgIpc) is 3.31. The zero-order valence-corrected chi connectivity index (χ0v) is 17.5. The van der Waals surface area contributed by atoms with Gasteiger partial charge in [-0.25, -0.2) is 4.98 Å². The fourth-order valence-corrected chi connectivity index (χ4v) is 4.48. The van der Waals surface area contributed by atoms with Gasteiger partial charge in [0.25, 0.3) is 0 Å². The molecule has 1 N–H and O–H groups in total. The number of halogens is 1. The minimum Gasteiger partial charge on any atom is -0.487 e. The maximum absolute atomic E-state index is 5.84. The molecule has 1 atom stereocenters. The number of benzene rings is 1. The maximum atomic E-state index is 5.84. The summed E-state index contributed by atoms with van der Waals surface area (Å²) in [5, 5.41) is 6.59. The lowest BCUT2D eigenvalue weighted by Crippen LogP contribution is -2.49. The summed E-state index contributed by atoms with van der Waals surface area (Å²) in [4.78, 5) is 9.68. The van der Waals surface area contributed by atoms with E-state index in [9.17, 15) is 0 Å². The molecule has 7 heteroatoms. The Labute approximate surface area is 172 Å². The first kappa shape index (κ1) is 20.6. The Morgan fingerprint density at radius 3 is 2.67 bits per heavy atom. The Kier molecular flexibility index (Phi) is 7.49. The number of hydrogen-bond acceptors (Lipinski definition) is 6. The van der Waals surface area contributed by atoms with Crippen molar-refractivity contribution in [2.45, 2.75) is 32.5 Å². The van der Waals surface area contributed by atoms with Crippen LogP contribution >= 0.6 is 23.7 Å². The average molecular weight is 409 g/mol. The largest absolute Gasteiger partial charge is 0.487 e. The third kappa shape index (κ3) is 5.65. The molecule has 1 unspecified atom stereocenters. The van der Waals surface area contributed by atoms with E-state index in [-0.39, 0.29) is 12.4 Å². The van der Waals surface area contributed by atoms with Crippen molar-refractivity contribution in [3.05, 3.63) is 45.9 Å². The van der Waals surface area contributed by atoms with Gasteiger partial charge in [-0.05, 0) is 31.0 Å². The molecule has 2 saturated heterocycles. The molecule has 2 fully saturated rings. The minimum absolute atomic E-state index is 0. The Morgan fingerprint density at radius 2 is 1.96 bits per heavy atom. The fraction of sp³-hybridized carbons (Fsp3) is 0.550. The lowest BCUT2D eigenvalue weighted by Gasteiger charge is -2.32. The molecular formula is C20H29ClN4OS. The monoisotopic (exact) mass is 408 g/mol. The smallest absolute Gasteiger partial charge is 0.131 e. The molecule has 27 heavy (non-hydrogen) atoms. The Balaban J connectivity index is 0.00000210. The van der Waals surface area contributed by atoms with Gasteiger partial charge in [0.1, 0.15) is 12.4 Å². The molecule has 1 aromatic heterocycles. The standard InChI is InChI=1S/C20H28N4OS.ClH/c1-16-22-18(15-26-16)14-25-20-4-2-17(3-5-20)12-23-9-6-19(13-23)24-10-7-21-8-11-24;/h2-5,15,19,21H,6-14H2,1H3;1H. The van der Waals surface area contributed by atoms with E-state index in [1.54, 1.807) is 11.3 Å². The molecule has 2 aliphatic heterocycles. The molecule has 2 aliphatic rings. The summed E-state index contributed by atoms with van der Waals surface area (Å²) in [6.07, 6.45) is 1.30. The van der Waals surface area contributed by atoms with E-state index >= 15 is 0 Å². The number of aromatic nitrogens is 1. The van der Waals surface area contributed by atoms with E-state index in [2.05, 4.69) is 49.7 Å². The third-order valence-electron chi connectivity index (χ3n) is 5.30. The third-order valence-corrected chi connectivity index (χ3v) is 6.12. The molecule has 148 valence electrons. The lowest BCUT2D eigenvalue weighted by atomic mass is 10.2. The minimum atomic E-state index is 0. The number of nitrogens with one attached hydrogen (secondary N) is 1. The highest BCUT2D eigenvalue weighted by Gasteiger charge is 2.28. The van der Waals surface area contributed by atoms with Crippen molar-refractivity contribution in [2.24, 2.45) is 0 Å². The summed E-state index contributed by atoms with van der Waals surface area (Å²) < 4.78 is 5.84. The van der Waals surface area contributed by atoms with Gasteiger partial charge in [0, 0.05) is 57.2 Å². The number of piperazine rings is 1. The molecule has 2 aromatic rings. The molecule has 4 rings (SSSR count). The summed E-state index contributed by atoms with van der Waals surface area (Å²) in [5.74, 6) is 0.916. The van der Waals surface area contributed by atoms with Crippen molar-refractivity contribution < 1.29 is 4.74 Å². The van der Waals surface area contributed by atoms with Gasteiger partial charge in [-0.3, -0.25) is 9.80 Å². The molecule has 0 saturated carbocycles. The topological polar surface area (TPSA) is 40.6 Å². The van der Waals surface area contributed by atoms with Crippen molar-refractivity contribution in [2.75, 3.05) is 39.3 Å². The number of likely N-dealkylation sites (tertiary alicyclic amines) is 1. The van der Waals surface area contributed by atoms with Crippen LogP contribution < -0.4 is 10.1 Å². The summed E-state index contributed by atoms with van der Waals surface area (Å²) in [7, 11) is 0. The highest BCUT2D eigenvalue weighted by molar-refractivity contribution is 7.09. The first-order chi connectivity index (χ1) is 12.8. The van der Waals surface area contributed by atoms with Crippen molar-refractivity contribution in [1.82, 2.24) is 20.1 Å². The van der Waals surface area contributed by atoms with Gasteiger partial charge in [-0.1, -0.05) is 12.1 Å². The van der Waals surface area contributed by atoms with Gasteiger partial charge in [0.05, 0.1) is 10.7 Å². The van der Waals surface area contributed by atoms with Crippen molar-refractivity contribution in [3.8, 4) is 5.75 Å². The fourth-order valence-electron chi connectivity index (χ4n) is 3.88. The SMILES string of the molecule is Cc1nc(COc2ccc(CN3CCC(N4CCNCC4)C3)cc2)cs1.Cl. The normalized spacial score (nSPS) is 21.1. The van der Waals surface area contributed by atoms with Crippen LogP contribution in [0.15, 0.2) is 29.6 Å². The molecule has 3 heterocycles. The van der Waals surface area contributed by atoms with Crippen LogP contribution in [0.25, 0.3) is 0 Å². The quantitative estimate of drug-likeness (QED) is 0.795. The molecule has 1 aromatic carbocycles. The van der Waals surface area contributed by atoms with Crippen molar-refractivity contribution in [3.63, 3.8) is 0 Å². The van der Waals surface area contributed by atoms with Crippen LogP contribution in [0.5, 0.6) is 5.75 Å². The number of nitrogens with zero attached hydrogens (tertiary/aromatic N) is 3. The molecule has 5 nitrogen and oxygen atoms in total. The molecule has 0 spiro atoms. The second kappa shape index (κ2) is 9.85. The Hall–Kier alpha value is -1.18. The van der Waals surface area contributed by atoms with Crippen molar-refractivity contribution >= 4 is 23.7 Å². The van der Waals surface area contributed by atoms with Gasteiger partial charge in [-0.2, -0.15) is 0 Å². The zero-order valence-electron chi connectivity index (χ0n) is 15.9. The van der Waals surface area contributed by atoms with E-state index < -0.39 is 0 Å². The van der Waals surface area contributed by atoms with Crippen LogP contribution in [0.2, 0.25) is 0 Å². The highest BCUT2D eigenvalue weighted by Crippen LogP contribution is 2.20. The number of rotatable bonds is 6.